The lowest BCUT2D eigenvalue weighted by molar-refractivity contribution is 0.121. The zero-order valence-electron chi connectivity index (χ0n) is 11.1. The van der Waals surface area contributed by atoms with E-state index in [-0.39, 0.29) is 12.0 Å². The highest BCUT2D eigenvalue weighted by Gasteiger charge is 2.27. The van der Waals surface area contributed by atoms with Gasteiger partial charge in [-0.3, -0.25) is 0 Å². The Bertz CT molecular complexity index is 314. The molecule has 0 aromatic heterocycles. The minimum atomic E-state index is -0.136. The second-order valence-corrected chi connectivity index (χ2v) is 4.96. The minimum absolute atomic E-state index is 0.136. The first-order valence-electron chi connectivity index (χ1n) is 6.58. The quantitative estimate of drug-likeness (QED) is 0.763. The maximum atomic E-state index is 9.59. The second kappa shape index (κ2) is 6.77. The molecule has 0 bridgehead atoms. The molecule has 96 valence electrons. The number of aryl methyl sites for hydroxylation is 1. The van der Waals surface area contributed by atoms with Gasteiger partial charge in [-0.15, -0.1) is 0 Å². The van der Waals surface area contributed by atoms with Crippen LogP contribution in [0.5, 0.6) is 0 Å². The summed E-state index contributed by atoms with van der Waals surface area (Å²) in [6.07, 6.45) is 3.98. The molecule has 0 spiro atoms. The predicted octanol–water partition coefficient (Wildman–Crippen LogP) is 2.53. The fraction of sp³-hybridized carbons (Fsp3) is 0.600. The van der Waals surface area contributed by atoms with Gasteiger partial charge in [0.1, 0.15) is 0 Å². The Morgan fingerprint density at radius 3 is 2.12 bits per heavy atom. The van der Waals surface area contributed by atoms with Crippen LogP contribution in [0.2, 0.25) is 0 Å². The second-order valence-electron chi connectivity index (χ2n) is 4.96. The van der Waals surface area contributed by atoms with Gasteiger partial charge in [-0.05, 0) is 30.4 Å². The highest BCUT2D eigenvalue weighted by molar-refractivity contribution is 5.23. The molecule has 2 nitrogen and oxygen atoms in total. The molecule has 0 aliphatic rings. The number of hydrogen-bond donors (Lipinski definition) is 2. The van der Waals surface area contributed by atoms with E-state index in [0.717, 1.165) is 25.7 Å². The van der Waals surface area contributed by atoms with Crippen molar-refractivity contribution in [1.82, 2.24) is 0 Å². The van der Waals surface area contributed by atoms with Gasteiger partial charge in [0, 0.05) is 12.0 Å². The molecule has 1 aromatic carbocycles. The number of hydrogen-bond acceptors (Lipinski definition) is 2. The summed E-state index contributed by atoms with van der Waals surface area (Å²) in [5.41, 5.74) is 8.34. The SMILES string of the molecule is CCCC(CN)(CO)Cc1ccc(CC)cc1. The number of aliphatic hydroxyl groups excluding tert-OH is 1. The molecule has 1 rings (SSSR count). The average Bonchev–Trinajstić information content (AvgIpc) is 2.39. The third-order valence-electron chi connectivity index (χ3n) is 3.56. The van der Waals surface area contributed by atoms with E-state index in [9.17, 15) is 5.11 Å². The van der Waals surface area contributed by atoms with Crippen LogP contribution in [0.4, 0.5) is 0 Å². The van der Waals surface area contributed by atoms with Crippen molar-refractivity contribution in [2.24, 2.45) is 11.1 Å². The number of aliphatic hydroxyl groups is 1. The summed E-state index contributed by atoms with van der Waals surface area (Å²) in [4.78, 5) is 0. The molecule has 0 saturated heterocycles. The van der Waals surface area contributed by atoms with Gasteiger partial charge >= 0.3 is 0 Å². The lowest BCUT2D eigenvalue weighted by Gasteiger charge is -2.30. The Kier molecular flexibility index (Phi) is 5.66. The van der Waals surface area contributed by atoms with Gasteiger partial charge in [0.05, 0.1) is 6.61 Å². The summed E-state index contributed by atoms with van der Waals surface area (Å²) in [7, 11) is 0. The zero-order chi connectivity index (χ0) is 12.7. The third-order valence-corrected chi connectivity index (χ3v) is 3.56. The standard InChI is InChI=1S/C15H25NO/c1-3-9-15(11-16,12-17)10-14-7-5-13(4-2)6-8-14/h5-8,17H,3-4,9-12,16H2,1-2H3. The van der Waals surface area contributed by atoms with Gasteiger partial charge in [0.25, 0.3) is 0 Å². The number of nitrogens with two attached hydrogens (primary N) is 1. The summed E-state index contributed by atoms with van der Waals surface area (Å²) in [6.45, 7) is 5.02. The number of benzene rings is 1. The van der Waals surface area contributed by atoms with Gasteiger partial charge in [0.2, 0.25) is 0 Å². The van der Waals surface area contributed by atoms with E-state index in [1.165, 1.54) is 11.1 Å². The van der Waals surface area contributed by atoms with Crippen LogP contribution >= 0.6 is 0 Å². The van der Waals surface area contributed by atoms with Crippen LogP contribution < -0.4 is 5.73 Å². The van der Waals surface area contributed by atoms with Crippen LogP contribution in [0, 0.1) is 5.41 Å². The molecule has 1 unspecified atom stereocenters. The van der Waals surface area contributed by atoms with Crippen LogP contribution in [0.3, 0.4) is 0 Å². The molecule has 3 N–H and O–H groups in total. The topological polar surface area (TPSA) is 46.2 Å². The largest absolute Gasteiger partial charge is 0.396 e. The van der Waals surface area contributed by atoms with E-state index < -0.39 is 0 Å². The van der Waals surface area contributed by atoms with Crippen molar-refractivity contribution in [1.29, 1.82) is 0 Å². The van der Waals surface area contributed by atoms with Gasteiger partial charge in [-0.1, -0.05) is 44.5 Å². The monoisotopic (exact) mass is 235 g/mol. The Morgan fingerprint density at radius 1 is 1.12 bits per heavy atom. The molecular weight excluding hydrogens is 210 g/mol. The average molecular weight is 235 g/mol. The molecule has 0 aliphatic carbocycles. The lowest BCUT2D eigenvalue weighted by atomic mass is 9.78. The highest BCUT2D eigenvalue weighted by atomic mass is 16.3. The Hall–Kier alpha value is -0.860. The van der Waals surface area contributed by atoms with Crippen LogP contribution in [0.25, 0.3) is 0 Å². The third kappa shape index (κ3) is 3.83. The molecule has 0 heterocycles. The van der Waals surface area contributed by atoms with E-state index in [0.29, 0.717) is 6.54 Å². The van der Waals surface area contributed by atoms with E-state index in [1.54, 1.807) is 0 Å². The summed E-state index contributed by atoms with van der Waals surface area (Å²) in [5, 5.41) is 9.59. The van der Waals surface area contributed by atoms with E-state index in [4.69, 9.17) is 5.73 Å². The normalized spacial score (nSPS) is 14.6. The van der Waals surface area contributed by atoms with Crippen molar-refractivity contribution < 1.29 is 5.11 Å². The van der Waals surface area contributed by atoms with E-state index in [2.05, 4.69) is 38.1 Å². The first-order valence-corrected chi connectivity index (χ1v) is 6.58. The maximum absolute atomic E-state index is 9.59. The van der Waals surface area contributed by atoms with Crippen LogP contribution in [-0.4, -0.2) is 18.3 Å². The van der Waals surface area contributed by atoms with Crippen molar-refractivity contribution in [3.05, 3.63) is 35.4 Å². The van der Waals surface area contributed by atoms with Gasteiger partial charge in [-0.2, -0.15) is 0 Å². The first-order chi connectivity index (χ1) is 8.19. The smallest absolute Gasteiger partial charge is 0.0502 e. The fourth-order valence-corrected chi connectivity index (χ4v) is 2.32. The summed E-state index contributed by atoms with van der Waals surface area (Å²) < 4.78 is 0. The summed E-state index contributed by atoms with van der Waals surface area (Å²) in [5.74, 6) is 0. The first kappa shape index (κ1) is 14.2. The van der Waals surface area contributed by atoms with Crippen molar-refractivity contribution in [2.75, 3.05) is 13.2 Å². The molecule has 0 saturated carbocycles. The van der Waals surface area contributed by atoms with Crippen molar-refractivity contribution in [2.45, 2.75) is 39.5 Å². The van der Waals surface area contributed by atoms with Crippen LogP contribution in [0.15, 0.2) is 24.3 Å². The molecule has 0 aliphatic heterocycles. The number of rotatable bonds is 7. The zero-order valence-corrected chi connectivity index (χ0v) is 11.1. The summed E-state index contributed by atoms with van der Waals surface area (Å²) in [6, 6.07) is 8.66. The van der Waals surface area contributed by atoms with Gasteiger partial charge < -0.3 is 10.8 Å². The molecular formula is C15H25NO. The van der Waals surface area contributed by atoms with Gasteiger partial charge in [-0.25, -0.2) is 0 Å². The predicted molar refractivity (Wildman–Crippen MR) is 73.0 cm³/mol. The lowest BCUT2D eigenvalue weighted by Crippen LogP contribution is -2.36. The van der Waals surface area contributed by atoms with E-state index >= 15 is 0 Å². The maximum Gasteiger partial charge on any atom is 0.0502 e. The highest BCUT2D eigenvalue weighted by Crippen LogP contribution is 2.27. The van der Waals surface area contributed by atoms with Crippen LogP contribution in [-0.2, 0) is 12.8 Å². The molecule has 0 radical (unpaired) electrons. The molecule has 1 aromatic rings. The van der Waals surface area contributed by atoms with Crippen molar-refractivity contribution in [3.63, 3.8) is 0 Å². The Labute approximate surface area is 105 Å². The van der Waals surface area contributed by atoms with Crippen molar-refractivity contribution >= 4 is 0 Å². The minimum Gasteiger partial charge on any atom is -0.396 e. The molecule has 0 fully saturated rings. The van der Waals surface area contributed by atoms with Crippen molar-refractivity contribution in [3.8, 4) is 0 Å². The van der Waals surface area contributed by atoms with E-state index in [1.807, 2.05) is 0 Å². The summed E-state index contributed by atoms with van der Waals surface area (Å²) >= 11 is 0. The Morgan fingerprint density at radius 2 is 1.71 bits per heavy atom. The molecule has 0 amide bonds. The fourth-order valence-electron chi connectivity index (χ4n) is 2.32. The molecule has 17 heavy (non-hydrogen) atoms. The molecule has 1 atom stereocenters. The molecule has 2 heteroatoms. The van der Waals surface area contributed by atoms with Gasteiger partial charge in [0.15, 0.2) is 0 Å². The Balaban J connectivity index is 2.77. The van der Waals surface area contributed by atoms with Crippen LogP contribution in [0.1, 0.15) is 37.8 Å².